The summed E-state index contributed by atoms with van der Waals surface area (Å²) in [5.74, 6) is 0.133. The van der Waals surface area contributed by atoms with Crippen LogP contribution < -0.4 is 4.83 Å². The van der Waals surface area contributed by atoms with Crippen LogP contribution in [-0.2, 0) is 10.0 Å². The number of hydrogen-bond donors (Lipinski definition) is 2. The van der Waals surface area contributed by atoms with Gasteiger partial charge < -0.3 is 5.11 Å². The zero-order valence-corrected chi connectivity index (χ0v) is 12.7. The van der Waals surface area contributed by atoms with Crippen LogP contribution in [0.25, 0.3) is 0 Å². The molecule has 110 valence electrons. The summed E-state index contributed by atoms with van der Waals surface area (Å²) in [5, 5.41) is 13.5. The van der Waals surface area contributed by atoms with Crippen LogP contribution in [0.15, 0.2) is 58.5 Å². The predicted molar refractivity (Wildman–Crippen MR) is 82.1 cm³/mol. The number of hydrazone groups is 1. The number of aromatic hydroxyl groups is 1. The predicted octanol–water partition coefficient (Wildman–Crippen LogP) is 2.75. The topological polar surface area (TPSA) is 78.8 Å². The number of benzene rings is 2. The molecule has 0 spiro atoms. The molecule has 0 atom stereocenters. The Morgan fingerprint density at radius 3 is 2.24 bits per heavy atom. The molecule has 0 aliphatic rings. The SMILES string of the molecule is C/C(=N/NS(=O)(=O)c1ccc(Cl)cc1)c1ccc(O)cc1. The highest BCUT2D eigenvalue weighted by Gasteiger charge is 2.12. The molecule has 21 heavy (non-hydrogen) atoms. The molecule has 0 heterocycles. The third kappa shape index (κ3) is 3.96. The first-order valence-electron chi connectivity index (χ1n) is 5.99. The standard InChI is InChI=1S/C14H13ClN2O3S/c1-10(11-2-6-13(18)7-3-11)16-17-21(19,20)14-8-4-12(15)5-9-14/h2-9,17-18H,1H3/b16-10-. The van der Waals surface area contributed by atoms with E-state index in [1.807, 2.05) is 0 Å². The zero-order valence-electron chi connectivity index (χ0n) is 11.1. The zero-order chi connectivity index (χ0) is 15.5. The number of halogens is 1. The van der Waals surface area contributed by atoms with Crippen LogP contribution in [0.2, 0.25) is 5.02 Å². The van der Waals surface area contributed by atoms with Crippen molar-refractivity contribution in [3.63, 3.8) is 0 Å². The maximum atomic E-state index is 12.0. The smallest absolute Gasteiger partial charge is 0.276 e. The normalized spacial score (nSPS) is 12.2. The number of hydrogen-bond acceptors (Lipinski definition) is 4. The van der Waals surface area contributed by atoms with Crippen LogP contribution in [0.4, 0.5) is 0 Å². The molecule has 0 aliphatic heterocycles. The van der Waals surface area contributed by atoms with Gasteiger partial charge in [-0.2, -0.15) is 18.4 Å². The number of nitrogens with zero attached hydrogens (tertiary/aromatic N) is 1. The van der Waals surface area contributed by atoms with Crippen molar-refractivity contribution in [1.29, 1.82) is 0 Å². The van der Waals surface area contributed by atoms with Crippen LogP contribution in [0.1, 0.15) is 12.5 Å². The average molecular weight is 325 g/mol. The van der Waals surface area contributed by atoms with E-state index in [1.54, 1.807) is 19.1 Å². The van der Waals surface area contributed by atoms with Crippen molar-refractivity contribution >= 4 is 27.3 Å². The fraction of sp³-hybridized carbons (Fsp3) is 0.0714. The summed E-state index contributed by atoms with van der Waals surface area (Å²) in [7, 11) is -3.73. The van der Waals surface area contributed by atoms with Gasteiger partial charge in [0.05, 0.1) is 10.6 Å². The lowest BCUT2D eigenvalue weighted by atomic mass is 10.1. The minimum Gasteiger partial charge on any atom is -0.508 e. The second kappa shape index (κ2) is 6.15. The molecular weight excluding hydrogens is 312 g/mol. The molecule has 0 saturated carbocycles. The molecule has 0 radical (unpaired) electrons. The van der Waals surface area contributed by atoms with E-state index in [0.29, 0.717) is 16.3 Å². The number of sulfonamides is 1. The molecule has 0 amide bonds. The van der Waals surface area contributed by atoms with E-state index in [4.69, 9.17) is 11.6 Å². The first-order valence-corrected chi connectivity index (χ1v) is 7.86. The number of phenols is 1. The van der Waals surface area contributed by atoms with E-state index in [1.165, 1.54) is 36.4 Å². The second-order valence-electron chi connectivity index (χ2n) is 4.29. The molecule has 2 rings (SSSR count). The van der Waals surface area contributed by atoms with Gasteiger partial charge in [0, 0.05) is 5.02 Å². The molecule has 0 aliphatic carbocycles. The quantitative estimate of drug-likeness (QED) is 0.670. The second-order valence-corrected chi connectivity index (χ2v) is 6.39. The highest BCUT2D eigenvalue weighted by Crippen LogP contribution is 2.14. The molecule has 0 aromatic heterocycles. The third-order valence-corrected chi connectivity index (χ3v) is 4.22. The molecule has 0 fully saturated rings. The van der Waals surface area contributed by atoms with Gasteiger partial charge in [0.2, 0.25) is 0 Å². The van der Waals surface area contributed by atoms with Crippen molar-refractivity contribution in [2.24, 2.45) is 5.10 Å². The van der Waals surface area contributed by atoms with Gasteiger partial charge >= 0.3 is 0 Å². The third-order valence-electron chi connectivity index (χ3n) is 2.74. The first-order chi connectivity index (χ1) is 9.88. The van der Waals surface area contributed by atoms with Crippen LogP contribution in [-0.4, -0.2) is 19.2 Å². The van der Waals surface area contributed by atoms with Gasteiger partial charge in [-0.25, -0.2) is 0 Å². The van der Waals surface area contributed by atoms with E-state index >= 15 is 0 Å². The van der Waals surface area contributed by atoms with Gasteiger partial charge in [-0.15, -0.1) is 0 Å². The molecule has 0 bridgehead atoms. The minimum absolute atomic E-state index is 0.0779. The molecule has 7 heteroatoms. The van der Waals surface area contributed by atoms with E-state index < -0.39 is 10.0 Å². The highest BCUT2D eigenvalue weighted by molar-refractivity contribution is 7.89. The molecule has 2 N–H and O–H groups in total. The fourth-order valence-corrected chi connectivity index (χ4v) is 2.55. The Balaban J connectivity index is 2.18. The van der Waals surface area contributed by atoms with Crippen molar-refractivity contribution < 1.29 is 13.5 Å². The molecule has 2 aromatic rings. The monoisotopic (exact) mass is 324 g/mol. The van der Waals surface area contributed by atoms with E-state index in [2.05, 4.69) is 9.93 Å². The molecule has 0 saturated heterocycles. The largest absolute Gasteiger partial charge is 0.508 e. The summed E-state index contributed by atoms with van der Waals surface area (Å²) in [5.41, 5.74) is 1.18. The van der Waals surface area contributed by atoms with Crippen molar-refractivity contribution in [3.05, 3.63) is 59.1 Å². The van der Waals surface area contributed by atoms with E-state index in [9.17, 15) is 13.5 Å². The van der Waals surface area contributed by atoms with Crippen molar-refractivity contribution in [2.75, 3.05) is 0 Å². The Labute approximate surface area is 127 Å². The Kier molecular flexibility index (Phi) is 4.50. The summed E-state index contributed by atoms with van der Waals surface area (Å²) in [6.07, 6.45) is 0. The van der Waals surface area contributed by atoms with Gasteiger partial charge in [-0.3, -0.25) is 0 Å². The first kappa shape index (κ1) is 15.3. The van der Waals surface area contributed by atoms with Crippen LogP contribution >= 0.6 is 11.6 Å². The van der Waals surface area contributed by atoms with Crippen LogP contribution in [0, 0.1) is 0 Å². The van der Waals surface area contributed by atoms with Gasteiger partial charge in [0.15, 0.2) is 0 Å². The summed E-state index contributed by atoms with van der Waals surface area (Å²) in [6, 6.07) is 12.1. The Bertz CT molecular complexity index is 754. The molecule has 5 nitrogen and oxygen atoms in total. The lowest BCUT2D eigenvalue weighted by Gasteiger charge is -2.05. The summed E-state index contributed by atoms with van der Waals surface area (Å²) in [4.78, 5) is 2.24. The summed E-state index contributed by atoms with van der Waals surface area (Å²) >= 11 is 5.72. The summed E-state index contributed by atoms with van der Waals surface area (Å²) < 4.78 is 24.1. The van der Waals surface area contributed by atoms with E-state index in [0.717, 1.165) is 0 Å². The van der Waals surface area contributed by atoms with Gasteiger partial charge in [0.1, 0.15) is 5.75 Å². The van der Waals surface area contributed by atoms with Gasteiger partial charge in [-0.05, 0) is 61.0 Å². The lowest BCUT2D eigenvalue weighted by molar-refractivity contribution is 0.475. The number of nitrogens with one attached hydrogen (secondary N) is 1. The minimum atomic E-state index is -3.73. The van der Waals surface area contributed by atoms with Crippen LogP contribution in [0.5, 0.6) is 5.75 Å². The van der Waals surface area contributed by atoms with Crippen molar-refractivity contribution in [1.82, 2.24) is 4.83 Å². The lowest BCUT2D eigenvalue weighted by Crippen LogP contribution is -2.19. The van der Waals surface area contributed by atoms with Crippen molar-refractivity contribution in [2.45, 2.75) is 11.8 Å². The Morgan fingerprint density at radius 2 is 1.67 bits per heavy atom. The summed E-state index contributed by atoms with van der Waals surface area (Å²) in [6.45, 7) is 1.66. The highest BCUT2D eigenvalue weighted by atomic mass is 35.5. The molecule has 2 aromatic carbocycles. The molecular formula is C14H13ClN2O3S. The maximum Gasteiger partial charge on any atom is 0.276 e. The maximum absolute atomic E-state index is 12.0. The number of rotatable bonds is 4. The fourth-order valence-electron chi connectivity index (χ4n) is 1.56. The van der Waals surface area contributed by atoms with E-state index in [-0.39, 0.29) is 10.6 Å². The molecule has 0 unspecified atom stereocenters. The Morgan fingerprint density at radius 1 is 1.10 bits per heavy atom. The number of phenolic OH excluding ortho intramolecular Hbond substituents is 1. The Hall–Kier alpha value is -2.05. The van der Waals surface area contributed by atoms with Crippen molar-refractivity contribution in [3.8, 4) is 5.75 Å². The average Bonchev–Trinajstić information content (AvgIpc) is 2.46. The van der Waals surface area contributed by atoms with Gasteiger partial charge in [-0.1, -0.05) is 11.6 Å². The van der Waals surface area contributed by atoms with Gasteiger partial charge in [0.25, 0.3) is 10.0 Å². The van der Waals surface area contributed by atoms with Crippen LogP contribution in [0.3, 0.4) is 0 Å².